The van der Waals surface area contributed by atoms with Gasteiger partial charge in [0.25, 0.3) is 0 Å². The molecule has 1 aliphatic carbocycles. The highest BCUT2D eigenvalue weighted by molar-refractivity contribution is 14.1. The Kier molecular flexibility index (Phi) is 4.12. The SMILES string of the molecule is CC(C)C1OC(c2ccccc2)=C(I)C(=O)C12CCCC2. The Bertz CT molecular complexity index is 568. The first kappa shape index (κ1) is 15.1. The summed E-state index contributed by atoms with van der Waals surface area (Å²) >= 11 is 2.19. The highest BCUT2D eigenvalue weighted by atomic mass is 127. The van der Waals surface area contributed by atoms with Gasteiger partial charge in [0.05, 0.1) is 8.99 Å². The maximum atomic E-state index is 13.1. The molecule has 0 N–H and O–H groups in total. The number of hydrogen-bond acceptors (Lipinski definition) is 2. The Morgan fingerprint density at radius 2 is 1.81 bits per heavy atom. The van der Waals surface area contributed by atoms with Crippen LogP contribution in [-0.4, -0.2) is 11.9 Å². The second-order valence-corrected chi connectivity index (χ2v) is 7.56. The van der Waals surface area contributed by atoms with Crippen molar-refractivity contribution in [1.29, 1.82) is 0 Å². The largest absolute Gasteiger partial charge is 0.487 e. The van der Waals surface area contributed by atoms with Crippen molar-refractivity contribution in [2.45, 2.75) is 45.6 Å². The zero-order chi connectivity index (χ0) is 15.0. The third-order valence-electron chi connectivity index (χ3n) is 4.78. The van der Waals surface area contributed by atoms with E-state index in [1.165, 1.54) is 0 Å². The Hall–Kier alpha value is -0.840. The van der Waals surface area contributed by atoms with E-state index >= 15 is 0 Å². The average molecular weight is 396 g/mol. The summed E-state index contributed by atoms with van der Waals surface area (Å²) in [5.74, 6) is 1.43. The van der Waals surface area contributed by atoms with Crippen LogP contribution in [0, 0.1) is 11.3 Å². The second kappa shape index (κ2) is 5.75. The van der Waals surface area contributed by atoms with Gasteiger partial charge in [-0.1, -0.05) is 57.0 Å². The Morgan fingerprint density at radius 3 is 2.38 bits per heavy atom. The number of rotatable bonds is 2. The molecule has 0 bridgehead atoms. The fraction of sp³-hybridized carbons (Fsp3) is 0.500. The highest BCUT2D eigenvalue weighted by Crippen LogP contribution is 2.52. The predicted octanol–water partition coefficient (Wildman–Crippen LogP) is 4.97. The van der Waals surface area contributed by atoms with Crippen LogP contribution in [-0.2, 0) is 9.53 Å². The van der Waals surface area contributed by atoms with Crippen LogP contribution < -0.4 is 0 Å². The summed E-state index contributed by atoms with van der Waals surface area (Å²) < 4.78 is 7.18. The lowest BCUT2D eigenvalue weighted by Gasteiger charge is -2.43. The third kappa shape index (κ3) is 2.43. The molecule has 0 radical (unpaired) electrons. The standard InChI is InChI=1S/C18H21IO2/c1-12(2)17-18(10-6-7-11-18)16(20)14(19)15(21-17)13-8-4-3-5-9-13/h3-5,8-9,12,17H,6-7,10-11H2,1-2H3. The number of ether oxygens (including phenoxy) is 1. The average Bonchev–Trinajstić information content (AvgIpc) is 2.96. The molecule has 1 heterocycles. The molecule has 1 spiro atoms. The minimum absolute atomic E-state index is 0.00113. The fourth-order valence-corrected chi connectivity index (χ4v) is 4.79. The molecule has 0 amide bonds. The van der Waals surface area contributed by atoms with Crippen LogP contribution in [0.3, 0.4) is 0 Å². The Labute approximate surface area is 140 Å². The van der Waals surface area contributed by atoms with Crippen LogP contribution in [0.5, 0.6) is 0 Å². The van der Waals surface area contributed by atoms with Crippen molar-refractivity contribution in [2.75, 3.05) is 0 Å². The molecule has 1 fully saturated rings. The van der Waals surface area contributed by atoms with E-state index in [4.69, 9.17) is 4.74 Å². The lowest BCUT2D eigenvalue weighted by Crippen LogP contribution is -2.47. The Morgan fingerprint density at radius 1 is 1.19 bits per heavy atom. The maximum Gasteiger partial charge on any atom is 0.182 e. The number of benzene rings is 1. The van der Waals surface area contributed by atoms with Gasteiger partial charge in [0.1, 0.15) is 11.9 Å². The van der Waals surface area contributed by atoms with Gasteiger partial charge in [-0.15, -0.1) is 0 Å². The summed E-state index contributed by atoms with van der Waals surface area (Å²) in [6, 6.07) is 10.0. The number of carbonyl (C=O) groups excluding carboxylic acids is 1. The van der Waals surface area contributed by atoms with Gasteiger partial charge in [-0.05, 0) is 41.4 Å². The van der Waals surface area contributed by atoms with Gasteiger partial charge >= 0.3 is 0 Å². The van der Waals surface area contributed by atoms with Crippen LogP contribution >= 0.6 is 22.6 Å². The molecule has 1 saturated carbocycles. The molecule has 0 saturated heterocycles. The molecule has 2 aliphatic rings. The minimum atomic E-state index is -0.275. The molecule has 0 aromatic heterocycles. The van der Waals surface area contributed by atoms with Crippen LogP contribution in [0.15, 0.2) is 33.9 Å². The van der Waals surface area contributed by atoms with Gasteiger partial charge in [-0.3, -0.25) is 4.79 Å². The molecule has 21 heavy (non-hydrogen) atoms. The monoisotopic (exact) mass is 396 g/mol. The van der Waals surface area contributed by atoms with E-state index in [1.54, 1.807) is 0 Å². The van der Waals surface area contributed by atoms with Gasteiger partial charge in [0.2, 0.25) is 0 Å². The highest BCUT2D eigenvalue weighted by Gasteiger charge is 2.54. The number of allylic oxidation sites excluding steroid dienone is 1. The summed E-state index contributed by atoms with van der Waals surface area (Å²) in [5.41, 5.74) is 0.733. The van der Waals surface area contributed by atoms with E-state index in [0.29, 0.717) is 11.7 Å². The summed E-state index contributed by atoms with van der Waals surface area (Å²) in [4.78, 5) is 13.1. The van der Waals surface area contributed by atoms with Crippen molar-refractivity contribution in [3.8, 4) is 0 Å². The van der Waals surface area contributed by atoms with Crippen molar-refractivity contribution < 1.29 is 9.53 Å². The molecule has 1 atom stereocenters. The molecule has 2 nitrogen and oxygen atoms in total. The van der Waals surface area contributed by atoms with Crippen LogP contribution in [0.2, 0.25) is 0 Å². The van der Waals surface area contributed by atoms with Crippen LogP contribution in [0.1, 0.15) is 45.1 Å². The molecule has 1 aromatic carbocycles. The van der Waals surface area contributed by atoms with Crippen LogP contribution in [0.4, 0.5) is 0 Å². The van der Waals surface area contributed by atoms with Crippen molar-refractivity contribution >= 4 is 34.1 Å². The third-order valence-corrected chi connectivity index (χ3v) is 5.76. The second-order valence-electron chi connectivity index (χ2n) is 6.48. The van der Waals surface area contributed by atoms with E-state index in [1.807, 2.05) is 30.3 Å². The van der Waals surface area contributed by atoms with Crippen molar-refractivity contribution in [3.63, 3.8) is 0 Å². The fourth-order valence-electron chi connectivity index (χ4n) is 3.82. The number of carbonyl (C=O) groups is 1. The number of ketones is 1. The molecular formula is C18H21IO2. The first-order valence-electron chi connectivity index (χ1n) is 7.73. The summed E-state index contributed by atoms with van der Waals surface area (Å²) in [6.07, 6.45) is 4.24. The predicted molar refractivity (Wildman–Crippen MR) is 93.0 cm³/mol. The summed E-state index contributed by atoms with van der Waals surface area (Å²) in [6.45, 7) is 4.33. The van der Waals surface area contributed by atoms with Crippen molar-refractivity contribution in [1.82, 2.24) is 0 Å². The topological polar surface area (TPSA) is 26.3 Å². The molecule has 1 unspecified atom stereocenters. The number of hydrogen-bond donors (Lipinski definition) is 0. The molecular weight excluding hydrogens is 375 g/mol. The van der Waals surface area contributed by atoms with Gasteiger partial charge < -0.3 is 4.74 Å². The van der Waals surface area contributed by atoms with Crippen molar-refractivity contribution in [3.05, 3.63) is 39.5 Å². The van der Waals surface area contributed by atoms with Crippen molar-refractivity contribution in [2.24, 2.45) is 11.3 Å². The molecule has 1 aliphatic heterocycles. The zero-order valence-electron chi connectivity index (χ0n) is 12.6. The molecule has 3 heteroatoms. The first-order valence-corrected chi connectivity index (χ1v) is 8.81. The van der Waals surface area contributed by atoms with E-state index in [9.17, 15) is 4.79 Å². The number of halogens is 1. The molecule has 1 aromatic rings. The zero-order valence-corrected chi connectivity index (χ0v) is 14.7. The van der Waals surface area contributed by atoms with Gasteiger partial charge in [0.15, 0.2) is 5.78 Å². The van der Waals surface area contributed by atoms with Crippen LogP contribution in [0.25, 0.3) is 5.76 Å². The number of Topliss-reactive ketones (excluding diaryl/α,β-unsaturated/α-hetero) is 1. The van der Waals surface area contributed by atoms with Gasteiger partial charge in [-0.2, -0.15) is 0 Å². The molecule has 3 rings (SSSR count). The maximum absolute atomic E-state index is 13.1. The van der Waals surface area contributed by atoms with E-state index in [0.717, 1.165) is 40.6 Å². The van der Waals surface area contributed by atoms with E-state index in [-0.39, 0.29) is 11.5 Å². The minimum Gasteiger partial charge on any atom is -0.487 e. The van der Waals surface area contributed by atoms with E-state index in [2.05, 4.69) is 36.4 Å². The van der Waals surface area contributed by atoms with Gasteiger partial charge in [-0.25, -0.2) is 0 Å². The molecule has 112 valence electrons. The lowest BCUT2D eigenvalue weighted by atomic mass is 9.71. The summed E-state index contributed by atoms with van der Waals surface area (Å²) in [5, 5.41) is 0. The lowest BCUT2D eigenvalue weighted by molar-refractivity contribution is -0.135. The summed E-state index contributed by atoms with van der Waals surface area (Å²) in [7, 11) is 0. The quantitative estimate of drug-likeness (QED) is 0.660. The Balaban J connectivity index is 2.08. The smallest absolute Gasteiger partial charge is 0.182 e. The first-order chi connectivity index (χ1) is 10.1. The van der Waals surface area contributed by atoms with Gasteiger partial charge in [0, 0.05) is 5.56 Å². The normalized spacial score (nSPS) is 24.8. The van der Waals surface area contributed by atoms with E-state index < -0.39 is 0 Å².